The van der Waals surface area contributed by atoms with E-state index in [2.05, 4.69) is 40.6 Å². The maximum atomic E-state index is 12.1. The van der Waals surface area contributed by atoms with E-state index in [4.69, 9.17) is 4.74 Å². The molecule has 24 heavy (non-hydrogen) atoms. The minimum Gasteiger partial charge on any atom is -0.378 e. The Morgan fingerprint density at radius 2 is 2.17 bits per heavy atom. The van der Waals surface area contributed by atoms with Gasteiger partial charge in [-0.05, 0) is 18.6 Å². The number of carbonyl (C=O) groups is 1. The van der Waals surface area contributed by atoms with Gasteiger partial charge in [-0.15, -0.1) is 0 Å². The van der Waals surface area contributed by atoms with Crippen LogP contribution in [0.3, 0.4) is 0 Å². The van der Waals surface area contributed by atoms with Crippen molar-refractivity contribution in [2.24, 2.45) is 5.92 Å². The first-order valence-electron chi connectivity index (χ1n) is 8.39. The average Bonchev–Trinajstić information content (AvgIpc) is 2.86. The van der Waals surface area contributed by atoms with E-state index in [0.29, 0.717) is 13.2 Å². The van der Waals surface area contributed by atoms with E-state index in [0.717, 1.165) is 30.9 Å². The molecule has 2 fully saturated rings. The summed E-state index contributed by atoms with van der Waals surface area (Å²) in [6.45, 7) is 5.55. The van der Waals surface area contributed by atoms with Crippen LogP contribution in [0, 0.1) is 12.8 Å². The molecule has 6 heteroatoms. The fraction of sp³-hybridized carbons (Fsp3) is 0.444. The van der Waals surface area contributed by atoms with E-state index in [1.54, 1.807) is 0 Å². The Bertz CT molecular complexity index is 742. The minimum absolute atomic E-state index is 0.0797. The number of hydrogen-bond acceptors (Lipinski definition) is 4. The maximum Gasteiger partial charge on any atom is 0.227 e. The van der Waals surface area contributed by atoms with Crippen molar-refractivity contribution in [2.75, 3.05) is 26.3 Å². The van der Waals surface area contributed by atoms with Crippen molar-refractivity contribution in [2.45, 2.75) is 19.5 Å². The highest BCUT2D eigenvalue weighted by Crippen LogP contribution is 2.18. The third-order valence-corrected chi connectivity index (χ3v) is 4.72. The summed E-state index contributed by atoms with van der Waals surface area (Å²) in [6, 6.07) is 8.30. The third kappa shape index (κ3) is 3.07. The number of aromatic nitrogens is 2. The number of benzene rings is 1. The van der Waals surface area contributed by atoms with Gasteiger partial charge in [0.1, 0.15) is 0 Å². The van der Waals surface area contributed by atoms with Gasteiger partial charge in [0.15, 0.2) is 0 Å². The summed E-state index contributed by atoms with van der Waals surface area (Å²) in [7, 11) is 0. The molecule has 2 bridgehead atoms. The number of nitrogens with zero attached hydrogens (tertiary/aromatic N) is 3. The number of hydrogen-bond donors (Lipinski definition) is 1. The lowest BCUT2D eigenvalue weighted by Gasteiger charge is -2.26. The Morgan fingerprint density at radius 3 is 3.04 bits per heavy atom. The molecule has 2 saturated heterocycles. The molecule has 0 radical (unpaired) electrons. The Balaban J connectivity index is 1.50. The van der Waals surface area contributed by atoms with Crippen molar-refractivity contribution in [1.29, 1.82) is 0 Å². The molecule has 2 atom stereocenters. The van der Waals surface area contributed by atoms with Gasteiger partial charge in [-0.25, -0.2) is 4.68 Å². The Hall–Kier alpha value is -2.18. The lowest BCUT2D eigenvalue weighted by molar-refractivity contribution is -0.125. The molecule has 1 N–H and O–H groups in total. The number of rotatable bonds is 3. The Morgan fingerprint density at radius 1 is 1.29 bits per heavy atom. The van der Waals surface area contributed by atoms with Crippen molar-refractivity contribution in [3.05, 3.63) is 47.8 Å². The van der Waals surface area contributed by atoms with Gasteiger partial charge in [0.2, 0.25) is 5.91 Å². The predicted octanol–water partition coefficient (Wildman–Crippen LogP) is 1.13. The molecule has 126 valence electrons. The van der Waals surface area contributed by atoms with Crippen LogP contribution in [-0.4, -0.2) is 52.9 Å². The van der Waals surface area contributed by atoms with Crippen LogP contribution < -0.4 is 5.32 Å². The molecule has 1 aromatic carbocycles. The van der Waals surface area contributed by atoms with E-state index in [9.17, 15) is 4.79 Å². The maximum absolute atomic E-state index is 12.1. The lowest BCUT2D eigenvalue weighted by atomic mass is 10.1. The Kier molecular flexibility index (Phi) is 4.08. The minimum atomic E-state index is -0.0797. The van der Waals surface area contributed by atoms with Crippen LogP contribution in [0.15, 0.2) is 36.7 Å². The smallest absolute Gasteiger partial charge is 0.227 e. The first kappa shape index (κ1) is 15.4. The molecular weight excluding hydrogens is 304 g/mol. The average molecular weight is 326 g/mol. The lowest BCUT2D eigenvalue weighted by Crippen LogP contribution is -2.41. The highest BCUT2D eigenvalue weighted by Gasteiger charge is 2.33. The monoisotopic (exact) mass is 326 g/mol. The van der Waals surface area contributed by atoms with Crippen LogP contribution in [-0.2, 0) is 16.1 Å². The van der Waals surface area contributed by atoms with Crippen molar-refractivity contribution < 1.29 is 9.53 Å². The number of nitrogens with one attached hydrogen (secondary N) is 1. The first-order chi connectivity index (χ1) is 11.7. The number of para-hydroxylation sites is 1. The van der Waals surface area contributed by atoms with E-state index in [1.807, 2.05) is 23.0 Å². The molecule has 1 aromatic heterocycles. The van der Waals surface area contributed by atoms with Crippen LogP contribution in [0.4, 0.5) is 0 Å². The van der Waals surface area contributed by atoms with Gasteiger partial charge >= 0.3 is 0 Å². The number of fused-ring (bicyclic) bond motifs is 3. The number of aryl methyl sites for hydroxylation is 1. The molecule has 2 aliphatic heterocycles. The highest BCUT2D eigenvalue weighted by molar-refractivity contribution is 5.79. The van der Waals surface area contributed by atoms with Crippen LogP contribution in [0.2, 0.25) is 0 Å². The summed E-state index contributed by atoms with van der Waals surface area (Å²) >= 11 is 0. The molecular formula is C18H22N4O2. The quantitative estimate of drug-likeness (QED) is 0.918. The van der Waals surface area contributed by atoms with Gasteiger partial charge < -0.3 is 10.1 Å². The fourth-order valence-corrected chi connectivity index (χ4v) is 3.50. The molecule has 0 spiro atoms. The molecule has 2 aromatic rings. The van der Waals surface area contributed by atoms with Gasteiger partial charge in [0.05, 0.1) is 37.1 Å². The number of ether oxygens (including phenoxy) is 1. The molecule has 1 amide bonds. The summed E-state index contributed by atoms with van der Waals surface area (Å²) in [5.74, 6) is 0.0412. The molecule has 4 rings (SSSR count). The van der Waals surface area contributed by atoms with Gasteiger partial charge in [0, 0.05) is 31.4 Å². The SMILES string of the molecule is Cc1ccccc1-n1cc(CN2C[C@H]3COC[C@@H](C2)C(=O)N3)cn1. The zero-order valence-electron chi connectivity index (χ0n) is 13.8. The summed E-state index contributed by atoms with van der Waals surface area (Å²) in [6.07, 6.45) is 3.99. The molecule has 2 aliphatic rings. The van der Waals surface area contributed by atoms with Crippen molar-refractivity contribution in [3.63, 3.8) is 0 Å². The van der Waals surface area contributed by atoms with Crippen LogP contribution in [0.5, 0.6) is 0 Å². The topological polar surface area (TPSA) is 59.4 Å². The van der Waals surface area contributed by atoms with Gasteiger partial charge in [-0.1, -0.05) is 18.2 Å². The largest absolute Gasteiger partial charge is 0.378 e. The molecule has 3 heterocycles. The van der Waals surface area contributed by atoms with Crippen molar-refractivity contribution >= 4 is 5.91 Å². The van der Waals surface area contributed by atoms with E-state index >= 15 is 0 Å². The van der Waals surface area contributed by atoms with Crippen LogP contribution >= 0.6 is 0 Å². The third-order valence-electron chi connectivity index (χ3n) is 4.72. The summed E-state index contributed by atoms with van der Waals surface area (Å²) in [5, 5.41) is 7.57. The zero-order valence-corrected chi connectivity index (χ0v) is 13.8. The molecule has 0 aliphatic carbocycles. The van der Waals surface area contributed by atoms with Crippen molar-refractivity contribution in [1.82, 2.24) is 20.0 Å². The molecule has 0 unspecified atom stereocenters. The second kappa shape index (κ2) is 6.37. The number of carbonyl (C=O) groups excluding carboxylic acids is 1. The molecule has 6 nitrogen and oxygen atoms in total. The van der Waals surface area contributed by atoms with Crippen LogP contribution in [0.25, 0.3) is 5.69 Å². The van der Waals surface area contributed by atoms with E-state index in [-0.39, 0.29) is 17.9 Å². The van der Waals surface area contributed by atoms with Gasteiger partial charge in [0.25, 0.3) is 0 Å². The second-order valence-corrected chi connectivity index (χ2v) is 6.71. The van der Waals surface area contributed by atoms with E-state index < -0.39 is 0 Å². The highest BCUT2D eigenvalue weighted by atomic mass is 16.5. The predicted molar refractivity (Wildman–Crippen MR) is 89.8 cm³/mol. The first-order valence-corrected chi connectivity index (χ1v) is 8.39. The number of amides is 1. The second-order valence-electron chi connectivity index (χ2n) is 6.71. The van der Waals surface area contributed by atoms with Crippen LogP contribution in [0.1, 0.15) is 11.1 Å². The Labute approximate surface area is 141 Å². The zero-order chi connectivity index (χ0) is 16.5. The molecule has 0 saturated carbocycles. The normalized spacial score (nSPS) is 24.5. The van der Waals surface area contributed by atoms with Crippen molar-refractivity contribution in [3.8, 4) is 5.69 Å². The fourth-order valence-electron chi connectivity index (χ4n) is 3.50. The van der Waals surface area contributed by atoms with Gasteiger partial charge in [-0.3, -0.25) is 9.69 Å². The summed E-state index contributed by atoms with van der Waals surface area (Å²) in [5.41, 5.74) is 3.46. The van der Waals surface area contributed by atoms with Gasteiger partial charge in [-0.2, -0.15) is 5.10 Å². The standard InChI is InChI=1S/C18H22N4O2/c1-13-4-2-3-5-17(13)22-8-14(6-19-22)7-21-9-15-11-24-12-16(10-21)20-18(15)23/h2-6,8,15-16H,7,9-12H2,1H3,(H,20,23)/t15-,16+/m1/s1. The van der Waals surface area contributed by atoms with E-state index in [1.165, 1.54) is 5.56 Å². The summed E-state index contributed by atoms with van der Waals surface area (Å²) < 4.78 is 7.51. The summed E-state index contributed by atoms with van der Waals surface area (Å²) in [4.78, 5) is 14.4.